The van der Waals surface area contributed by atoms with E-state index < -0.39 is 0 Å². The molecule has 8 heavy (non-hydrogen) atoms. The smallest absolute Gasteiger partial charge is 0.198 e. The Balaban J connectivity index is 2.58. The first-order chi connectivity index (χ1) is 3.89. The highest BCUT2D eigenvalue weighted by Crippen LogP contribution is 2.07. The highest BCUT2D eigenvalue weighted by Gasteiger charge is 1.97. The summed E-state index contributed by atoms with van der Waals surface area (Å²) >= 11 is 1.19. The average molecular weight is 127 g/mol. The SMILES string of the molecule is O=C1CC=NC=CS1. The summed E-state index contributed by atoms with van der Waals surface area (Å²) in [6.07, 6.45) is 3.69. The van der Waals surface area contributed by atoms with Gasteiger partial charge in [0.15, 0.2) is 5.12 Å². The van der Waals surface area contributed by atoms with Crippen LogP contribution in [-0.2, 0) is 4.79 Å². The first-order valence-corrected chi connectivity index (χ1v) is 3.14. The zero-order valence-corrected chi connectivity index (χ0v) is 5.02. The summed E-state index contributed by atoms with van der Waals surface area (Å²) in [7, 11) is 0. The summed E-state index contributed by atoms with van der Waals surface area (Å²) in [5.74, 6) is 0. The minimum atomic E-state index is 0.155. The molecule has 0 atom stereocenters. The Kier molecular flexibility index (Phi) is 1.86. The molecule has 42 valence electrons. The highest BCUT2D eigenvalue weighted by atomic mass is 32.2. The van der Waals surface area contributed by atoms with E-state index in [0.29, 0.717) is 6.42 Å². The maximum atomic E-state index is 10.5. The van der Waals surface area contributed by atoms with Gasteiger partial charge < -0.3 is 0 Å². The number of hydrogen-bond donors (Lipinski definition) is 0. The number of nitrogens with zero attached hydrogens (tertiary/aromatic N) is 1. The Morgan fingerprint density at radius 2 is 2.62 bits per heavy atom. The summed E-state index contributed by atoms with van der Waals surface area (Å²) in [6.45, 7) is 0. The fraction of sp³-hybridized carbons (Fsp3) is 0.200. The van der Waals surface area contributed by atoms with E-state index in [-0.39, 0.29) is 5.12 Å². The van der Waals surface area contributed by atoms with Crippen LogP contribution in [0, 0.1) is 0 Å². The van der Waals surface area contributed by atoms with E-state index in [2.05, 4.69) is 4.99 Å². The largest absolute Gasteiger partial charge is 0.286 e. The molecule has 0 saturated heterocycles. The third kappa shape index (κ3) is 1.50. The van der Waals surface area contributed by atoms with E-state index >= 15 is 0 Å². The highest BCUT2D eigenvalue weighted by molar-refractivity contribution is 8.16. The van der Waals surface area contributed by atoms with Crippen molar-refractivity contribution in [2.45, 2.75) is 6.42 Å². The Morgan fingerprint density at radius 3 is 3.50 bits per heavy atom. The average Bonchev–Trinajstić information content (AvgIpc) is 1.94. The van der Waals surface area contributed by atoms with E-state index in [0.717, 1.165) is 0 Å². The van der Waals surface area contributed by atoms with E-state index in [9.17, 15) is 4.79 Å². The van der Waals surface area contributed by atoms with Crippen molar-refractivity contribution in [1.82, 2.24) is 0 Å². The van der Waals surface area contributed by atoms with E-state index in [1.54, 1.807) is 17.8 Å². The molecule has 0 fully saturated rings. The van der Waals surface area contributed by atoms with Crippen molar-refractivity contribution >= 4 is 23.1 Å². The summed E-state index contributed by atoms with van der Waals surface area (Å²) < 4.78 is 0. The van der Waals surface area contributed by atoms with Crippen molar-refractivity contribution in [3.05, 3.63) is 11.6 Å². The van der Waals surface area contributed by atoms with Crippen molar-refractivity contribution in [2.75, 3.05) is 0 Å². The molecule has 1 aliphatic heterocycles. The molecule has 2 nitrogen and oxygen atoms in total. The Morgan fingerprint density at radius 1 is 1.75 bits per heavy atom. The van der Waals surface area contributed by atoms with Crippen LogP contribution in [-0.4, -0.2) is 11.3 Å². The van der Waals surface area contributed by atoms with Gasteiger partial charge >= 0.3 is 0 Å². The van der Waals surface area contributed by atoms with E-state index in [4.69, 9.17) is 0 Å². The first-order valence-electron chi connectivity index (χ1n) is 2.26. The lowest BCUT2D eigenvalue weighted by Crippen LogP contribution is -1.86. The fourth-order valence-electron chi connectivity index (χ4n) is 0.378. The lowest BCUT2D eigenvalue weighted by Gasteiger charge is -1.81. The van der Waals surface area contributed by atoms with Crippen LogP contribution in [0.15, 0.2) is 16.6 Å². The molecule has 0 aromatic heterocycles. The predicted octanol–water partition coefficient (Wildman–Crippen LogP) is 1.19. The summed E-state index contributed by atoms with van der Waals surface area (Å²) in [6, 6.07) is 0. The second kappa shape index (κ2) is 2.67. The van der Waals surface area contributed by atoms with Gasteiger partial charge in [-0.1, -0.05) is 11.8 Å². The number of hydrogen-bond acceptors (Lipinski definition) is 3. The summed E-state index contributed by atoms with van der Waals surface area (Å²) in [5.41, 5.74) is 0. The van der Waals surface area contributed by atoms with Crippen LogP contribution in [0.2, 0.25) is 0 Å². The molecular formula is C5H5NOS. The van der Waals surface area contributed by atoms with Crippen molar-refractivity contribution in [3.8, 4) is 0 Å². The normalized spacial score (nSPS) is 18.8. The molecule has 1 heterocycles. The zero-order chi connectivity index (χ0) is 5.82. The van der Waals surface area contributed by atoms with Gasteiger partial charge in [-0.05, 0) is 5.41 Å². The molecule has 0 unspecified atom stereocenters. The van der Waals surface area contributed by atoms with Gasteiger partial charge in [0.25, 0.3) is 0 Å². The maximum Gasteiger partial charge on any atom is 0.198 e. The Hall–Kier alpha value is -0.570. The fourth-order valence-corrected chi connectivity index (χ4v) is 0.831. The molecular weight excluding hydrogens is 122 g/mol. The lowest BCUT2D eigenvalue weighted by molar-refractivity contribution is -0.109. The van der Waals surface area contributed by atoms with Crippen LogP contribution in [0.4, 0.5) is 0 Å². The minimum Gasteiger partial charge on any atom is -0.286 e. The van der Waals surface area contributed by atoms with Crippen molar-refractivity contribution in [3.63, 3.8) is 0 Å². The van der Waals surface area contributed by atoms with Crippen molar-refractivity contribution in [1.29, 1.82) is 0 Å². The number of carbonyl (C=O) groups is 1. The second-order valence-corrected chi connectivity index (χ2v) is 2.27. The maximum absolute atomic E-state index is 10.5. The Bertz CT molecular complexity index is 135. The van der Waals surface area contributed by atoms with Gasteiger partial charge in [-0.2, -0.15) is 0 Å². The second-order valence-electron chi connectivity index (χ2n) is 1.31. The molecule has 0 aliphatic carbocycles. The quantitative estimate of drug-likeness (QED) is 0.489. The van der Waals surface area contributed by atoms with Crippen LogP contribution in [0.3, 0.4) is 0 Å². The molecule has 0 radical (unpaired) electrons. The third-order valence-electron chi connectivity index (χ3n) is 0.710. The van der Waals surface area contributed by atoms with Crippen LogP contribution in [0.5, 0.6) is 0 Å². The molecule has 0 N–H and O–H groups in total. The van der Waals surface area contributed by atoms with E-state index in [1.165, 1.54) is 11.8 Å². The number of thioether (sulfide) groups is 1. The third-order valence-corrected chi connectivity index (χ3v) is 1.40. The molecule has 1 aliphatic rings. The van der Waals surface area contributed by atoms with Gasteiger partial charge in [-0.25, -0.2) is 0 Å². The standard InChI is InChI=1S/C5H5NOS/c7-5-1-2-6-3-4-8-5/h2-4H,1H2. The molecule has 0 saturated carbocycles. The van der Waals surface area contributed by atoms with Gasteiger partial charge in [-0.3, -0.25) is 9.79 Å². The minimum absolute atomic E-state index is 0.155. The number of aliphatic imine (C=N–C) groups is 1. The monoisotopic (exact) mass is 127 g/mol. The topological polar surface area (TPSA) is 29.4 Å². The van der Waals surface area contributed by atoms with Crippen LogP contribution in [0.25, 0.3) is 0 Å². The lowest BCUT2D eigenvalue weighted by atomic mass is 10.5. The van der Waals surface area contributed by atoms with Crippen LogP contribution in [0.1, 0.15) is 6.42 Å². The molecule has 3 heteroatoms. The molecule has 0 bridgehead atoms. The van der Waals surface area contributed by atoms with Crippen molar-refractivity contribution < 1.29 is 4.79 Å². The van der Waals surface area contributed by atoms with Crippen LogP contribution < -0.4 is 0 Å². The molecule has 0 aromatic rings. The summed E-state index contributed by atoms with van der Waals surface area (Å²) in [4.78, 5) is 14.3. The number of rotatable bonds is 0. The van der Waals surface area contributed by atoms with Gasteiger partial charge in [0.2, 0.25) is 0 Å². The zero-order valence-electron chi connectivity index (χ0n) is 4.20. The van der Waals surface area contributed by atoms with Gasteiger partial charge in [-0.15, -0.1) is 0 Å². The van der Waals surface area contributed by atoms with E-state index in [1.807, 2.05) is 0 Å². The molecule has 0 amide bonds. The molecule has 0 spiro atoms. The van der Waals surface area contributed by atoms with Gasteiger partial charge in [0.1, 0.15) is 0 Å². The number of carbonyl (C=O) groups excluding carboxylic acids is 1. The van der Waals surface area contributed by atoms with Gasteiger partial charge in [0, 0.05) is 12.4 Å². The summed E-state index contributed by atoms with van der Waals surface area (Å²) in [5, 5.41) is 1.84. The predicted molar refractivity (Wildman–Crippen MR) is 34.8 cm³/mol. The molecule has 0 aromatic carbocycles. The first kappa shape index (κ1) is 5.56. The van der Waals surface area contributed by atoms with Crippen LogP contribution >= 0.6 is 11.8 Å². The Labute approximate surface area is 51.7 Å². The van der Waals surface area contributed by atoms with Crippen molar-refractivity contribution in [2.24, 2.45) is 4.99 Å². The van der Waals surface area contributed by atoms with Gasteiger partial charge in [0.05, 0.1) is 6.42 Å². The molecule has 1 rings (SSSR count).